The minimum atomic E-state index is -0.264. The molecule has 0 spiro atoms. The molecule has 0 aliphatic carbocycles. The zero-order valence-corrected chi connectivity index (χ0v) is 13.0. The number of carbonyl (C=O) groups excluding carboxylic acids is 1. The van der Waals surface area contributed by atoms with Crippen molar-refractivity contribution in [3.63, 3.8) is 0 Å². The van der Waals surface area contributed by atoms with Crippen LogP contribution in [0.1, 0.15) is 5.56 Å². The molecule has 1 amide bonds. The van der Waals surface area contributed by atoms with Crippen LogP contribution in [-0.2, 0) is 17.8 Å². The van der Waals surface area contributed by atoms with Crippen molar-refractivity contribution in [1.82, 2.24) is 25.5 Å². The second kappa shape index (κ2) is 7.10. The number of amides is 1. The maximum atomic E-state index is 13.5. The van der Waals surface area contributed by atoms with E-state index in [2.05, 4.69) is 20.7 Å². The Morgan fingerprint density at radius 1 is 1.30 bits per heavy atom. The number of nitrogens with zero attached hydrogens (tertiary/aromatic N) is 4. The summed E-state index contributed by atoms with van der Waals surface area (Å²) in [7, 11) is 0. The van der Waals surface area contributed by atoms with Crippen molar-refractivity contribution in [2.45, 2.75) is 13.0 Å². The molecule has 0 aliphatic heterocycles. The maximum absolute atomic E-state index is 13.5. The SMILES string of the molecule is O=C(Cn1nnc(-c2ccsc2)n1)NCCc1ccccc1F. The third-order valence-corrected chi connectivity index (χ3v) is 3.87. The number of thiophene rings is 1. The topological polar surface area (TPSA) is 72.7 Å². The fourth-order valence-corrected chi connectivity index (χ4v) is 2.67. The Labute approximate surface area is 136 Å². The van der Waals surface area contributed by atoms with Crippen LogP contribution in [0.15, 0.2) is 41.1 Å². The molecule has 0 bridgehead atoms. The number of hydrogen-bond acceptors (Lipinski definition) is 5. The predicted octanol–water partition coefficient (Wildman–Crippen LogP) is 1.90. The van der Waals surface area contributed by atoms with Gasteiger partial charge in [0.25, 0.3) is 0 Å². The van der Waals surface area contributed by atoms with Gasteiger partial charge in [-0.25, -0.2) is 4.39 Å². The Morgan fingerprint density at radius 3 is 2.96 bits per heavy atom. The molecular formula is C15H14FN5OS. The lowest BCUT2D eigenvalue weighted by molar-refractivity contribution is -0.122. The molecule has 0 saturated carbocycles. The molecule has 2 heterocycles. The van der Waals surface area contributed by atoms with E-state index in [0.717, 1.165) is 5.56 Å². The monoisotopic (exact) mass is 331 g/mol. The van der Waals surface area contributed by atoms with Crippen molar-refractivity contribution in [2.24, 2.45) is 0 Å². The highest BCUT2D eigenvalue weighted by molar-refractivity contribution is 7.08. The highest BCUT2D eigenvalue weighted by Crippen LogP contribution is 2.16. The molecule has 0 atom stereocenters. The lowest BCUT2D eigenvalue weighted by atomic mass is 10.1. The van der Waals surface area contributed by atoms with Crippen molar-refractivity contribution < 1.29 is 9.18 Å². The highest BCUT2D eigenvalue weighted by Gasteiger charge is 2.09. The van der Waals surface area contributed by atoms with E-state index in [-0.39, 0.29) is 18.3 Å². The molecule has 0 radical (unpaired) electrons. The molecule has 3 rings (SSSR count). The molecule has 2 aromatic heterocycles. The van der Waals surface area contributed by atoms with Gasteiger partial charge in [0.05, 0.1) is 0 Å². The second-order valence-corrected chi connectivity index (χ2v) is 5.63. The van der Waals surface area contributed by atoms with Crippen LogP contribution in [-0.4, -0.2) is 32.7 Å². The van der Waals surface area contributed by atoms with Gasteiger partial charge in [0, 0.05) is 17.5 Å². The molecule has 0 fully saturated rings. The van der Waals surface area contributed by atoms with Gasteiger partial charge < -0.3 is 5.32 Å². The number of tetrazole rings is 1. The van der Waals surface area contributed by atoms with Crippen molar-refractivity contribution in [1.29, 1.82) is 0 Å². The molecule has 0 aliphatic rings. The van der Waals surface area contributed by atoms with E-state index in [1.807, 2.05) is 16.8 Å². The first-order chi connectivity index (χ1) is 11.2. The van der Waals surface area contributed by atoms with Gasteiger partial charge in [-0.05, 0) is 34.7 Å². The summed E-state index contributed by atoms with van der Waals surface area (Å²) in [6, 6.07) is 8.40. The largest absolute Gasteiger partial charge is 0.354 e. The third kappa shape index (κ3) is 3.98. The van der Waals surface area contributed by atoms with Crippen LogP contribution in [0.25, 0.3) is 11.4 Å². The molecular weight excluding hydrogens is 317 g/mol. The Morgan fingerprint density at radius 2 is 2.17 bits per heavy atom. The number of nitrogens with one attached hydrogen (secondary N) is 1. The number of halogens is 1. The fourth-order valence-electron chi connectivity index (χ4n) is 2.04. The number of rotatable bonds is 6. The van der Waals surface area contributed by atoms with Crippen molar-refractivity contribution in [3.05, 3.63) is 52.5 Å². The summed E-state index contributed by atoms with van der Waals surface area (Å²) in [6.07, 6.45) is 0.434. The normalized spacial score (nSPS) is 10.7. The smallest absolute Gasteiger partial charge is 0.243 e. The van der Waals surface area contributed by atoms with E-state index >= 15 is 0 Å². The van der Waals surface area contributed by atoms with Gasteiger partial charge >= 0.3 is 0 Å². The van der Waals surface area contributed by atoms with E-state index in [9.17, 15) is 9.18 Å². The molecule has 23 heavy (non-hydrogen) atoms. The van der Waals surface area contributed by atoms with Gasteiger partial charge in [-0.3, -0.25) is 4.79 Å². The standard InChI is InChI=1S/C15H14FN5OS/c16-13-4-2-1-3-11(13)5-7-17-14(22)9-21-19-15(18-20-21)12-6-8-23-10-12/h1-4,6,8,10H,5,7,9H2,(H,17,22). The molecule has 118 valence electrons. The molecule has 8 heteroatoms. The summed E-state index contributed by atoms with van der Waals surface area (Å²) < 4.78 is 13.5. The van der Waals surface area contributed by atoms with Gasteiger partial charge in [-0.2, -0.15) is 16.1 Å². The Bertz CT molecular complexity index is 787. The first kappa shape index (κ1) is 15.3. The first-order valence-electron chi connectivity index (χ1n) is 7.03. The third-order valence-electron chi connectivity index (χ3n) is 3.19. The Hall–Kier alpha value is -2.61. The molecule has 0 saturated heterocycles. The lowest BCUT2D eigenvalue weighted by Gasteiger charge is -2.05. The summed E-state index contributed by atoms with van der Waals surface area (Å²) in [5.74, 6) is -0.0129. The van der Waals surface area contributed by atoms with E-state index < -0.39 is 0 Å². The molecule has 1 N–H and O–H groups in total. The average molecular weight is 331 g/mol. The van der Waals surface area contributed by atoms with E-state index in [0.29, 0.717) is 24.4 Å². The maximum Gasteiger partial charge on any atom is 0.243 e. The minimum absolute atomic E-state index is 0.0194. The lowest BCUT2D eigenvalue weighted by Crippen LogP contribution is -2.30. The summed E-state index contributed by atoms with van der Waals surface area (Å²) in [6.45, 7) is 0.334. The quantitative estimate of drug-likeness (QED) is 0.749. The van der Waals surface area contributed by atoms with E-state index in [1.54, 1.807) is 29.5 Å². The number of carbonyl (C=O) groups is 1. The van der Waals surface area contributed by atoms with Crippen LogP contribution in [0.5, 0.6) is 0 Å². The van der Waals surface area contributed by atoms with E-state index in [4.69, 9.17) is 0 Å². The van der Waals surface area contributed by atoms with Crippen molar-refractivity contribution >= 4 is 17.2 Å². The molecule has 1 aromatic carbocycles. The van der Waals surface area contributed by atoms with Crippen LogP contribution in [0, 0.1) is 5.82 Å². The number of benzene rings is 1. The highest BCUT2D eigenvalue weighted by atomic mass is 32.1. The summed E-state index contributed by atoms with van der Waals surface area (Å²) in [5.41, 5.74) is 1.45. The molecule has 3 aromatic rings. The second-order valence-electron chi connectivity index (χ2n) is 4.85. The van der Waals surface area contributed by atoms with Crippen LogP contribution < -0.4 is 5.32 Å². The first-order valence-corrected chi connectivity index (χ1v) is 7.97. The predicted molar refractivity (Wildman–Crippen MR) is 84.2 cm³/mol. The Kier molecular flexibility index (Phi) is 4.72. The van der Waals surface area contributed by atoms with Gasteiger partial charge in [-0.15, -0.1) is 10.2 Å². The van der Waals surface area contributed by atoms with Gasteiger partial charge in [-0.1, -0.05) is 18.2 Å². The zero-order chi connectivity index (χ0) is 16.1. The van der Waals surface area contributed by atoms with Gasteiger partial charge in [0.15, 0.2) is 0 Å². The molecule has 0 unspecified atom stereocenters. The van der Waals surface area contributed by atoms with E-state index in [1.165, 1.54) is 10.9 Å². The Balaban J connectivity index is 1.49. The average Bonchev–Trinajstić information content (AvgIpc) is 3.20. The minimum Gasteiger partial charge on any atom is -0.354 e. The van der Waals surface area contributed by atoms with Crippen molar-refractivity contribution in [3.8, 4) is 11.4 Å². The van der Waals surface area contributed by atoms with Crippen LogP contribution >= 0.6 is 11.3 Å². The molecule has 6 nitrogen and oxygen atoms in total. The zero-order valence-electron chi connectivity index (χ0n) is 12.1. The van der Waals surface area contributed by atoms with Crippen LogP contribution in [0.2, 0.25) is 0 Å². The van der Waals surface area contributed by atoms with Crippen LogP contribution in [0.4, 0.5) is 4.39 Å². The summed E-state index contributed by atoms with van der Waals surface area (Å²) in [5, 5.41) is 18.5. The summed E-state index contributed by atoms with van der Waals surface area (Å²) in [4.78, 5) is 13.1. The van der Waals surface area contributed by atoms with Crippen LogP contribution in [0.3, 0.4) is 0 Å². The summed E-state index contributed by atoms with van der Waals surface area (Å²) >= 11 is 1.54. The fraction of sp³-hybridized carbons (Fsp3) is 0.200. The van der Waals surface area contributed by atoms with Crippen molar-refractivity contribution in [2.75, 3.05) is 6.54 Å². The number of aromatic nitrogens is 4. The number of hydrogen-bond donors (Lipinski definition) is 1. The van der Waals surface area contributed by atoms with Gasteiger partial charge in [0.1, 0.15) is 12.4 Å². The van der Waals surface area contributed by atoms with Gasteiger partial charge in [0.2, 0.25) is 11.7 Å².